The minimum absolute atomic E-state index is 0.0719. The first-order valence-corrected chi connectivity index (χ1v) is 14.6. The van der Waals surface area contributed by atoms with Crippen molar-refractivity contribution in [2.75, 3.05) is 51.8 Å². The van der Waals surface area contributed by atoms with Gasteiger partial charge in [-0.15, -0.1) is 0 Å². The van der Waals surface area contributed by atoms with Gasteiger partial charge in [0.05, 0.1) is 38.3 Å². The van der Waals surface area contributed by atoms with Crippen LogP contribution in [0, 0.1) is 17.8 Å². The van der Waals surface area contributed by atoms with Gasteiger partial charge in [0.15, 0.2) is 0 Å². The molecular formula is C30H40N4O6. The number of hydrogen-bond donors (Lipinski definition) is 2. The molecule has 6 rings (SSSR count). The Morgan fingerprint density at radius 3 is 2.70 bits per heavy atom. The van der Waals surface area contributed by atoms with E-state index in [1.807, 2.05) is 12.2 Å². The van der Waals surface area contributed by atoms with Crippen LogP contribution in [0.5, 0.6) is 5.75 Å². The number of fused-ring (bicyclic) bond motifs is 1. The van der Waals surface area contributed by atoms with Crippen LogP contribution in [0.3, 0.4) is 0 Å². The topological polar surface area (TPSA) is 109 Å². The molecule has 2 bridgehead atoms. The van der Waals surface area contributed by atoms with E-state index in [4.69, 9.17) is 14.2 Å². The van der Waals surface area contributed by atoms with Gasteiger partial charge >= 0.3 is 0 Å². The average molecular weight is 553 g/mol. The number of nitrogens with one attached hydrogen (secondary N) is 2. The number of amides is 3. The van der Waals surface area contributed by atoms with E-state index in [1.165, 1.54) is 6.42 Å². The molecule has 1 aliphatic carbocycles. The third-order valence-corrected chi connectivity index (χ3v) is 9.46. The van der Waals surface area contributed by atoms with E-state index in [0.717, 1.165) is 32.4 Å². The van der Waals surface area contributed by atoms with E-state index < -0.39 is 29.6 Å². The van der Waals surface area contributed by atoms with Crippen LogP contribution in [0.15, 0.2) is 36.4 Å². The van der Waals surface area contributed by atoms with Crippen LogP contribution in [-0.2, 0) is 23.9 Å². The van der Waals surface area contributed by atoms with Crippen molar-refractivity contribution in [3.05, 3.63) is 36.4 Å². The molecule has 10 heteroatoms. The molecule has 3 amide bonds. The number of rotatable bonds is 8. The predicted octanol–water partition coefficient (Wildman–Crippen LogP) is 1.81. The molecule has 2 N–H and O–H groups in total. The lowest BCUT2D eigenvalue weighted by atomic mass is 9.74. The summed E-state index contributed by atoms with van der Waals surface area (Å²) >= 11 is 0. The highest BCUT2D eigenvalue weighted by atomic mass is 16.5. The molecule has 1 spiro atoms. The Balaban J connectivity index is 1.27. The van der Waals surface area contributed by atoms with Crippen molar-refractivity contribution >= 4 is 23.4 Å². The Morgan fingerprint density at radius 2 is 1.93 bits per heavy atom. The van der Waals surface area contributed by atoms with Gasteiger partial charge in [-0.1, -0.05) is 38.0 Å². The highest BCUT2D eigenvalue weighted by Gasteiger charge is 2.72. The first kappa shape index (κ1) is 27.2. The molecule has 7 atom stereocenters. The zero-order valence-electron chi connectivity index (χ0n) is 23.3. The normalized spacial score (nSPS) is 35.0. The van der Waals surface area contributed by atoms with Crippen molar-refractivity contribution in [3.8, 4) is 5.75 Å². The fraction of sp³-hybridized carbons (Fsp3) is 0.633. The van der Waals surface area contributed by atoms with Gasteiger partial charge in [-0.2, -0.15) is 0 Å². The van der Waals surface area contributed by atoms with E-state index in [2.05, 4.69) is 22.5 Å². The van der Waals surface area contributed by atoms with Crippen molar-refractivity contribution in [1.82, 2.24) is 15.1 Å². The second kappa shape index (κ2) is 11.1. The molecule has 4 fully saturated rings. The lowest BCUT2D eigenvalue weighted by Gasteiger charge is -2.36. The summed E-state index contributed by atoms with van der Waals surface area (Å²) in [6.07, 6.45) is 7.43. The van der Waals surface area contributed by atoms with Gasteiger partial charge in [0, 0.05) is 44.0 Å². The van der Waals surface area contributed by atoms with E-state index in [1.54, 1.807) is 36.3 Å². The maximum atomic E-state index is 14.2. The number of benzene rings is 1. The molecule has 0 radical (unpaired) electrons. The van der Waals surface area contributed by atoms with E-state index in [0.29, 0.717) is 43.7 Å². The lowest BCUT2D eigenvalue weighted by Crippen LogP contribution is -2.58. The molecule has 1 saturated carbocycles. The number of ether oxygens (including phenoxy) is 3. The van der Waals surface area contributed by atoms with Crippen molar-refractivity contribution < 1.29 is 28.6 Å². The van der Waals surface area contributed by atoms with Gasteiger partial charge in [-0.05, 0) is 30.9 Å². The SMILES string of the molecule is COc1cccc(NC(=O)[C@H]2[C@H]3C=C[C@@]4(O3)[C@H]2C(=O)N(CCN2CCOCC2)[C@@H]4C(=O)N[C@@H]2CCCC[C@H]2C)c1. The molecule has 1 aromatic rings. The fourth-order valence-electron chi connectivity index (χ4n) is 7.30. The van der Waals surface area contributed by atoms with Crippen LogP contribution in [0.2, 0.25) is 0 Å². The van der Waals surface area contributed by atoms with E-state index in [9.17, 15) is 14.4 Å². The minimum Gasteiger partial charge on any atom is -0.497 e. The van der Waals surface area contributed by atoms with Crippen LogP contribution in [0.4, 0.5) is 5.69 Å². The molecule has 5 aliphatic rings. The molecule has 1 aromatic carbocycles. The van der Waals surface area contributed by atoms with Crippen molar-refractivity contribution in [2.24, 2.45) is 17.8 Å². The lowest BCUT2D eigenvalue weighted by molar-refractivity contribution is -0.142. The maximum Gasteiger partial charge on any atom is 0.246 e. The van der Waals surface area contributed by atoms with E-state index in [-0.39, 0.29) is 23.8 Å². The standard InChI is InChI=1S/C30H40N4O6/c1-19-6-3-4-9-22(19)32-28(36)26-30-11-10-23(40-30)24(27(35)31-20-7-5-8-21(18-20)38-2)25(30)29(37)34(26)13-12-33-14-16-39-17-15-33/h5,7-8,10-11,18-19,22-26H,3-4,6,9,12-17H2,1-2H3,(H,31,35)(H,32,36)/t19-,22-,23-,24+,25-,26-,30-/m1/s1. The minimum atomic E-state index is -1.16. The number of methoxy groups -OCH3 is 1. The summed E-state index contributed by atoms with van der Waals surface area (Å²) < 4.78 is 17.3. The molecular weight excluding hydrogens is 512 g/mol. The highest BCUT2D eigenvalue weighted by Crippen LogP contribution is 2.55. The number of hydrogen-bond acceptors (Lipinski definition) is 7. The predicted molar refractivity (Wildman–Crippen MR) is 148 cm³/mol. The van der Waals surface area contributed by atoms with Gasteiger partial charge < -0.3 is 29.7 Å². The summed E-state index contributed by atoms with van der Waals surface area (Å²) in [6.45, 7) is 6.09. The number of likely N-dealkylation sites (tertiary alicyclic amines) is 1. The summed E-state index contributed by atoms with van der Waals surface area (Å²) in [6, 6.07) is 6.38. The summed E-state index contributed by atoms with van der Waals surface area (Å²) in [5.74, 6) is -1.17. The zero-order valence-corrected chi connectivity index (χ0v) is 23.3. The van der Waals surface area contributed by atoms with Gasteiger partial charge in [0.25, 0.3) is 0 Å². The highest BCUT2D eigenvalue weighted by molar-refractivity contribution is 6.02. The van der Waals surface area contributed by atoms with Gasteiger partial charge in [-0.3, -0.25) is 19.3 Å². The second-order valence-corrected chi connectivity index (χ2v) is 11.8. The number of carbonyl (C=O) groups excluding carboxylic acids is 3. The van der Waals surface area contributed by atoms with E-state index >= 15 is 0 Å². The van der Waals surface area contributed by atoms with Crippen molar-refractivity contribution in [2.45, 2.75) is 56.4 Å². The molecule has 4 heterocycles. The monoisotopic (exact) mass is 552 g/mol. The van der Waals surface area contributed by atoms with Gasteiger partial charge in [0.2, 0.25) is 17.7 Å². The molecule has 4 aliphatic heterocycles. The third kappa shape index (κ3) is 4.80. The largest absolute Gasteiger partial charge is 0.497 e. The van der Waals surface area contributed by atoms with Crippen molar-refractivity contribution in [3.63, 3.8) is 0 Å². The summed E-state index contributed by atoms with van der Waals surface area (Å²) in [4.78, 5) is 45.8. The quantitative estimate of drug-likeness (QED) is 0.474. The number of anilines is 1. The molecule has 40 heavy (non-hydrogen) atoms. The van der Waals surface area contributed by atoms with Crippen LogP contribution in [0.1, 0.15) is 32.6 Å². The zero-order chi connectivity index (χ0) is 27.9. The Hall–Kier alpha value is -2.95. The molecule has 216 valence electrons. The first-order chi connectivity index (χ1) is 19.4. The average Bonchev–Trinajstić information content (AvgIpc) is 3.61. The summed E-state index contributed by atoms with van der Waals surface area (Å²) in [5.41, 5.74) is -0.578. The van der Waals surface area contributed by atoms with Gasteiger partial charge in [0.1, 0.15) is 17.4 Å². The Kier molecular flexibility index (Phi) is 7.58. The van der Waals surface area contributed by atoms with Crippen LogP contribution in [0.25, 0.3) is 0 Å². The molecule has 3 saturated heterocycles. The van der Waals surface area contributed by atoms with Crippen LogP contribution < -0.4 is 15.4 Å². The smallest absolute Gasteiger partial charge is 0.246 e. The second-order valence-electron chi connectivity index (χ2n) is 11.8. The fourth-order valence-corrected chi connectivity index (χ4v) is 7.30. The Morgan fingerprint density at radius 1 is 1.12 bits per heavy atom. The molecule has 0 unspecified atom stereocenters. The molecule has 0 aromatic heterocycles. The third-order valence-electron chi connectivity index (χ3n) is 9.46. The summed E-state index contributed by atoms with van der Waals surface area (Å²) in [7, 11) is 1.57. The molecule has 10 nitrogen and oxygen atoms in total. The summed E-state index contributed by atoms with van der Waals surface area (Å²) in [5, 5.41) is 6.25. The Bertz CT molecular complexity index is 1170. The Labute approximate surface area is 235 Å². The van der Waals surface area contributed by atoms with Gasteiger partial charge in [-0.25, -0.2) is 0 Å². The maximum absolute atomic E-state index is 14.2. The van der Waals surface area contributed by atoms with Crippen molar-refractivity contribution in [1.29, 1.82) is 0 Å². The van der Waals surface area contributed by atoms with Crippen LogP contribution in [-0.4, -0.2) is 97.8 Å². The number of nitrogens with zero attached hydrogens (tertiary/aromatic N) is 2. The van der Waals surface area contributed by atoms with Crippen LogP contribution >= 0.6 is 0 Å². The number of carbonyl (C=O) groups is 3. The first-order valence-electron chi connectivity index (χ1n) is 14.6. The number of morpholine rings is 1.